The molecule has 4 nitrogen and oxygen atoms in total. The van der Waals surface area contributed by atoms with E-state index < -0.39 is 12.0 Å². The van der Waals surface area contributed by atoms with Crippen LogP contribution in [-0.4, -0.2) is 22.2 Å². The Morgan fingerprint density at radius 2 is 1.55 bits per heavy atom. The summed E-state index contributed by atoms with van der Waals surface area (Å²) in [4.78, 5) is 11.4. The maximum Gasteiger partial charge on any atom is 0.326 e. The Labute approximate surface area is 135 Å². The summed E-state index contributed by atoms with van der Waals surface area (Å²) in [5.41, 5.74) is 2.04. The zero-order chi connectivity index (χ0) is 15.8. The van der Waals surface area contributed by atoms with E-state index in [1.807, 2.05) is 60.7 Å². The summed E-state index contributed by atoms with van der Waals surface area (Å²) >= 11 is 5.18. The van der Waals surface area contributed by atoms with Gasteiger partial charge in [0.1, 0.15) is 6.04 Å². The van der Waals surface area contributed by atoms with Gasteiger partial charge in [-0.25, -0.2) is 4.79 Å². The molecule has 2 aromatic carbocycles. The number of rotatable bonds is 6. The molecular formula is C17H18N2O2S. The van der Waals surface area contributed by atoms with E-state index in [-0.39, 0.29) is 0 Å². The first-order chi connectivity index (χ1) is 10.6. The number of thiocarbonyl (C=S) groups is 1. The van der Waals surface area contributed by atoms with Crippen LogP contribution in [0.4, 0.5) is 0 Å². The quantitative estimate of drug-likeness (QED) is 0.715. The highest BCUT2D eigenvalue weighted by molar-refractivity contribution is 7.80. The lowest BCUT2D eigenvalue weighted by Crippen LogP contribution is -2.46. The molecule has 0 saturated heterocycles. The molecule has 2 aromatic rings. The van der Waals surface area contributed by atoms with Crippen molar-refractivity contribution in [3.63, 3.8) is 0 Å². The maximum atomic E-state index is 11.4. The van der Waals surface area contributed by atoms with Crippen LogP contribution in [0, 0.1) is 0 Å². The van der Waals surface area contributed by atoms with Gasteiger partial charge in [0.05, 0.1) is 0 Å². The highest BCUT2D eigenvalue weighted by atomic mass is 32.1. The third-order valence-electron chi connectivity index (χ3n) is 3.18. The molecule has 5 heteroatoms. The van der Waals surface area contributed by atoms with Gasteiger partial charge in [0, 0.05) is 13.0 Å². The molecule has 0 bridgehead atoms. The number of carboxylic acids is 1. The topological polar surface area (TPSA) is 61.4 Å². The van der Waals surface area contributed by atoms with Crippen molar-refractivity contribution in [2.24, 2.45) is 0 Å². The van der Waals surface area contributed by atoms with Gasteiger partial charge in [-0.15, -0.1) is 0 Å². The van der Waals surface area contributed by atoms with Crippen LogP contribution in [-0.2, 0) is 17.8 Å². The Bertz CT molecular complexity index is 617. The molecule has 0 heterocycles. The molecule has 0 aliphatic carbocycles. The molecule has 0 aromatic heterocycles. The maximum absolute atomic E-state index is 11.4. The van der Waals surface area contributed by atoms with Gasteiger partial charge in [0.2, 0.25) is 0 Å². The summed E-state index contributed by atoms with van der Waals surface area (Å²) < 4.78 is 0. The van der Waals surface area contributed by atoms with Crippen LogP contribution in [0.1, 0.15) is 11.1 Å². The minimum atomic E-state index is -0.923. The summed E-state index contributed by atoms with van der Waals surface area (Å²) in [5, 5.41) is 15.5. The minimum absolute atomic E-state index is 0.340. The first kappa shape index (κ1) is 16.0. The Balaban J connectivity index is 1.88. The van der Waals surface area contributed by atoms with Crippen LogP contribution in [0.5, 0.6) is 0 Å². The average molecular weight is 314 g/mol. The Kier molecular flexibility index (Phi) is 5.91. The molecule has 0 saturated carbocycles. The SMILES string of the molecule is O=C(O)[C@@H](Cc1ccccc1)NC(=S)NCc1ccccc1. The van der Waals surface area contributed by atoms with Gasteiger partial charge >= 0.3 is 5.97 Å². The van der Waals surface area contributed by atoms with E-state index in [4.69, 9.17) is 12.2 Å². The van der Waals surface area contributed by atoms with Gasteiger partial charge in [-0.1, -0.05) is 60.7 Å². The molecule has 3 N–H and O–H groups in total. The van der Waals surface area contributed by atoms with Crippen LogP contribution in [0.15, 0.2) is 60.7 Å². The van der Waals surface area contributed by atoms with Crippen molar-refractivity contribution in [1.29, 1.82) is 0 Å². The van der Waals surface area contributed by atoms with E-state index in [1.165, 1.54) is 0 Å². The minimum Gasteiger partial charge on any atom is -0.480 e. The number of hydrogen-bond donors (Lipinski definition) is 3. The second kappa shape index (κ2) is 8.14. The zero-order valence-corrected chi connectivity index (χ0v) is 12.8. The molecule has 2 rings (SSSR count). The Morgan fingerprint density at radius 1 is 1.00 bits per heavy atom. The molecule has 22 heavy (non-hydrogen) atoms. The molecule has 1 atom stereocenters. The number of hydrogen-bond acceptors (Lipinski definition) is 2. The normalized spacial score (nSPS) is 11.5. The van der Waals surface area contributed by atoms with Gasteiger partial charge in [-0.3, -0.25) is 0 Å². The smallest absolute Gasteiger partial charge is 0.326 e. The van der Waals surface area contributed by atoms with Gasteiger partial charge < -0.3 is 15.7 Å². The fourth-order valence-electron chi connectivity index (χ4n) is 2.04. The highest BCUT2D eigenvalue weighted by Gasteiger charge is 2.18. The second-order valence-electron chi connectivity index (χ2n) is 4.89. The molecule has 0 aliphatic heterocycles. The molecule has 0 fully saturated rings. The predicted octanol–water partition coefficient (Wildman–Crippen LogP) is 2.35. The molecule has 0 amide bonds. The van der Waals surface area contributed by atoms with E-state index in [2.05, 4.69) is 10.6 Å². The monoisotopic (exact) mass is 314 g/mol. The second-order valence-corrected chi connectivity index (χ2v) is 5.30. The van der Waals surface area contributed by atoms with E-state index >= 15 is 0 Å². The van der Waals surface area contributed by atoms with Gasteiger partial charge in [0.25, 0.3) is 0 Å². The predicted molar refractivity (Wildman–Crippen MR) is 90.6 cm³/mol. The van der Waals surface area contributed by atoms with Crippen molar-refractivity contribution in [3.8, 4) is 0 Å². The summed E-state index contributed by atoms with van der Waals surface area (Å²) in [6.07, 6.45) is 0.378. The largest absolute Gasteiger partial charge is 0.480 e. The summed E-state index contributed by atoms with van der Waals surface area (Å²) in [6, 6.07) is 18.5. The van der Waals surface area contributed by atoms with Gasteiger partial charge in [-0.05, 0) is 23.3 Å². The molecule has 114 valence electrons. The van der Waals surface area contributed by atoms with E-state index in [9.17, 15) is 9.90 Å². The lowest BCUT2D eigenvalue weighted by Gasteiger charge is -2.17. The van der Waals surface area contributed by atoms with Crippen molar-refractivity contribution < 1.29 is 9.90 Å². The number of nitrogens with one attached hydrogen (secondary N) is 2. The van der Waals surface area contributed by atoms with E-state index in [0.29, 0.717) is 18.1 Å². The summed E-state index contributed by atoms with van der Waals surface area (Å²) in [7, 11) is 0. The van der Waals surface area contributed by atoms with Crippen LogP contribution >= 0.6 is 12.2 Å². The molecule has 0 radical (unpaired) electrons. The van der Waals surface area contributed by atoms with Crippen molar-refractivity contribution in [2.45, 2.75) is 19.0 Å². The van der Waals surface area contributed by atoms with Crippen LogP contribution in [0.3, 0.4) is 0 Å². The molecular weight excluding hydrogens is 296 g/mol. The van der Waals surface area contributed by atoms with Crippen molar-refractivity contribution >= 4 is 23.3 Å². The van der Waals surface area contributed by atoms with Gasteiger partial charge in [-0.2, -0.15) is 0 Å². The van der Waals surface area contributed by atoms with E-state index in [0.717, 1.165) is 11.1 Å². The number of carboxylic acid groups (broad SMARTS) is 1. The zero-order valence-electron chi connectivity index (χ0n) is 12.0. The average Bonchev–Trinajstić information content (AvgIpc) is 2.54. The fraction of sp³-hybridized carbons (Fsp3) is 0.176. The van der Waals surface area contributed by atoms with Crippen molar-refractivity contribution in [2.75, 3.05) is 0 Å². The van der Waals surface area contributed by atoms with Crippen LogP contribution in [0.2, 0.25) is 0 Å². The molecule has 0 aliphatic rings. The lowest BCUT2D eigenvalue weighted by atomic mass is 10.1. The number of aliphatic carboxylic acids is 1. The number of carbonyl (C=O) groups is 1. The summed E-state index contributed by atoms with van der Waals surface area (Å²) in [6.45, 7) is 0.560. The first-order valence-electron chi connectivity index (χ1n) is 7.00. The third-order valence-corrected chi connectivity index (χ3v) is 3.44. The summed E-state index contributed by atoms with van der Waals surface area (Å²) in [5.74, 6) is -0.923. The van der Waals surface area contributed by atoms with Crippen molar-refractivity contribution in [3.05, 3.63) is 71.8 Å². The van der Waals surface area contributed by atoms with E-state index in [1.54, 1.807) is 0 Å². The van der Waals surface area contributed by atoms with Crippen LogP contribution < -0.4 is 10.6 Å². The lowest BCUT2D eigenvalue weighted by molar-refractivity contribution is -0.139. The fourth-order valence-corrected chi connectivity index (χ4v) is 2.25. The van der Waals surface area contributed by atoms with Crippen molar-refractivity contribution in [1.82, 2.24) is 10.6 Å². The van der Waals surface area contributed by atoms with Crippen LogP contribution in [0.25, 0.3) is 0 Å². The Hall–Kier alpha value is -2.40. The Morgan fingerprint density at radius 3 is 2.09 bits per heavy atom. The highest BCUT2D eigenvalue weighted by Crippen LogP contribution is 2.04. The molecule has 0 unspecified atom stereocenters. The first-order valence-corrected chi connectivity index (χ1v) is 7.41. The number of benzene rings is 2. The third kappa shape index (κ3) is 5.18. The standard InChI is InChI=1S/C17H18N2O2S/c20-16(21)15(11-13-7-3-1-4-8-13)19-17(22)18-12-14-9-5-2-6-10-14/h1-10,15H,11-12H2,(H,20,21)(H2,18,19,22)/t15-/m1/s1. The van der Waals surface area contributed by atoms with Gasteiger partial charge in [0.15, 0.2) is 5.11 Å². The molecule has 0 spiro atoms.